The van der Waals surface area contributed by atoms with Crippen LogP contribution in [0.3, 0.4) is 0 Å². The summed E-state index contributed by atoms with van der Waals surface area (Å²) < 4.78 is 6.47. The summed E-state index contributed by atoms with van der Waals surface area (Å²) >= 11 is 0. The van der Waals surface area contributed by atoms with Crippen LogP contribution in [0.15, 0.2) is 47.4 Å². The Labute approximate surface area is 138 Å². The Bertz CT molecular complexity index is 945. The second kappa shape index (κ2) is 6.52. The quantitative estimate of drug-likeness (QED) is 0.800. The molecule has 0 aliphatic rings. The van der Waals surface area contributed by atoms with Gasteiger partial charge in [-0.25, -0.2) is 9.67 Å². The third kappa shape index (κ3) is 2.85. The molecule has 0 radical (unpaired) electrons. The standard InChI is InChI=1S/C18H16N4O2/c1-12-17(15-6-3-13(9-19)4-7-15)18(23)22(21-12)16-8-5-14(10-20-16)11-24-2/h3-8,10,21H,11H2,1-2H3. The van der Waals surface area contributed by atoms with Gasteiger partial charge in [-0.15, -0.1) is 0 Å². The number of hydrogen-bond acceptors (Lipinski definition) is 4. The maximum absolute atomic E-state index is 12.8. The van der Waals surface area contributed by atoms with E-state index < -0.39 is 0 Å². The first-order chi connectivity index (χ1) is 11.6. The summed E-state index contributed by atoms with van der Waals surface area (Å²) in [7, 11) is 1.62. The van der Waals surface area contributed by atoms with E-state index in [-0.39, 0.29) is 5.56 Å². The van der Waals surface area contributed by atoms with Crippen LogP contribution in [0.4, 0.5) is 0 Å². The summed E-state index contributed by atoms with van der Waals surface area (Å²) in [6.07, 6.45) is 1.68. The molecule has 3 rings (SSSR count). The first-order valence-electron chi connectivity index (χ1n) is 7.40. The number of nitrogens with zero attached hydrogens (tertiary/aromatic N) is 3. The molecule has 0 unspecified atom stereocenters. The van der Waals surface area contributed by atoms with E-state index in [1.54, 1.807) is 43.6 Å². The van der Waals surface area contributed by atoms with Crippen LogP contribution in [0.25, 0.3) is 16.9 Å². The highest BCUT2D eigenvalue weighted by molar-refractivity contribution is 5.66. The number of rotatable bonds is 4. The molecule has 6 heteroatoms. The van der Waals surface area contributed by atoms with Crippen LogP contribution >= 0.6 is 0 Å². The molecule has 120 valence electrons. The molecule has 0 saturated heterocycles. The van der Waals surface area contributed by atoms with E-state index >= 15 is 0 Å². The fraction of sp³-hybridized carbons (Fsp3) is 0.167. The minimum Gasteiger partial charge on any atom is -0.380 e. The second-order valence-corrected chi connectivity index (χ2v) is 5.40. The van der Waals surface area contributed by atoms with E-state index in [1.807, 2.05) is 13.0 Å². The number of ether oxygens (including phenoxy) is 1. The maximum atomic E-state index is 12.8. The lowest BCUT2D eigenvalue weighted by atomic mass is 10.1. The molecule has 1 N–H and O–H groups in total. The van der Waals surface area contributed by atoms with Gasteiger partial charge in [-0.05, 0) is 36.2 Å². The minimum atomic E-state index is -0.177. The fourth-order valence-electron chi connectivity index (χ4n) is 2.56. The molecule has 0 amide bonds. The summed E-state index contributed by atoms with van der Waals surface area (Å²) in [5, 5.41) is 11.9. The Morgan fingerprint density at radius 1 is 1.25 bits per heavy atom. The van der Waals surface area contributed by atoms with Gasteiger partial charge in [0.25, 0.3) is 5.56 Å². The van der Waals surface area contributed by atoms with Gasteiger partial charge in [-0.1, -0.05) is 18.2 Å². The molecule has 24 heavy (non-hydrogen) atoms. The zero-order valence-electron chi connectivity index (χ0n) is 13.4. The van der Waals surface area contributed by atoms with Crippen molar-refractivity contribution < 1.29 is 4.74 Å². The van der Waals surface area contributed by atoms with Crippen LogP contribution in [0.1, 0.15) is 16.8 Å². The molecular formula is C18H16N4O2. The molecule has 0 fully saturated rings. The topological polar surface area (TPSA) is 83.7 Å². The molecule has 2 heterocycles. The molecule has 2 aromatic heterocycles. The predicted octanol–water partition coefficient (Wildman–Crippen LogP) is 2.55. The van der Waals surface area contributed by atoms with Crippen molar-refractivity contribution in [2.75, 3.05) is 7.11 Å². The van der Waals surface area contributed by atoms with Crippen LogP contribution in [-0.4, -0.2) is 21.9 Å². The number of benzene rings is 1. The van der Waals surface area contributed by atoms with Crippen molar-refractivity contribution in [1.82, 2.24) is 14.8 Å². The average Bonchev–Trinajstić information content (AvgIpc) is 2.90. The Hall–Kier alpha value is -3.17. The highest BCUT2D eigenvalue weighted by atomic mass is 16.5. The molecule has 0 aliphatic carbocycles. The van der Waals surface area contributed by atoms with E-state index in [1.165, 1.54) is 4.68 Å². The number of aryl methyl sites for hydroxylation is 1. The molecule has 0 bridgehead atoms. The lowest BCUT2D eigenvalue weighted by Gasteiger charge is -2.02. The smallest absolute Gasteiger partial charge is 0.280 e. The van der Waals surface area contributed by atoms with Crippen LogP contribution < -0.4 is 5.56 Å². The van der Waals surface area contributed by atoms with E-state index in [4.69, 9.17) is 10.00 Å². The summed E-state index contributed by atoms with van der Waals surface area (Å²) in [6, 6.07) is 12.7. The van der Waals surface area contributed by atoms with E-state index in [2.05, 4.69) is 16.2 Å². The first kappa shape index (κ1) is 15.7. The molecule has 0 aliphatic heterocycles. The maximum Gasteiger partial charge on any atom is 0.280 e. The van der Waals surface area contributed by atoms with Crippen LogP contribution in [0, 0.1) is 18.3 Å². The number of nitrogens with one attached hydrogen (secondary N) is 1. The summed E-state index contributed by atoms with van der Waals surface area (Å²) in [4.78, 5) is 17.1. The van der Waals surface area contributed by atoms with Crippen LogP contribution in [-0.2, 0) is 11.3 Å². The number of hydrogen-bond donors (Lipinski definition) is 1. The largest absolute Gasteiger partial charge is 0.380 e. The molecule has 0 spiro atoms. The molecule has 6 nitrogen and oxygen atoms in total. The summed E-state index contributed by atoms with van der Waals surface area (Å²) in [5.41, 5.74) is 3.40. The van der Waals surface area contributed by atoms with Crippen molar-refractivity contribution >= 4 is 0 Å². The van der Waals surface area contributed by atoms with Gasteiger partial charge in [0.05, 0.1) is 23.8 Å². The van der Waals surface area contributed by atoms with Crippen molar-refractivity contribution in [2.24, 2.45) is 0 Å². The van der Waals surface area contributed by atoms with Crippen LogP contribution in [0.2, 0.25) is 0 Å². The number of H-pyrrole nitrogens is 1. The van der Waals surface area contributed by atoms with Gasteiger partial charge in [0.15, 0.2) is 5.82 Å². The van der Waals surface area contributed by atoms with E-state index in [9.17, 15) is 4.79 Å². The minimum absolute atomic E-state index is 0.177. The highest BCUT2D eigenvalue weighted by Gasteiger charge is 2.15. The summed E-state index contributed by atoms with van der Waals surface area (Å²) in [5.74, 6) is 0.517. The molecule has 3 aromatic rings. The van der Waals surface area contributed by atoms with Crippen molar-refractivity contribution in [2.45, 2.75) is 13.5 Å². The van der Waals surface area contributed by atoms with Crippen molar-refractivity contribution in [3.8, 4) is 23.0 Å². The van der Waals surface area contributed by atoms with Gasteiger partial charge in [0, 0.05) is 19.0 Å². The average molecular weight is 320 g/mol. The lowest BCUT2D eigenvalue weighted by Crippen LogP contribution is -2.17. The number of aromatic nitrogens is 3. The van der Waals surface area contributed by atoms with Gasteiger partial charge in [-0.3, -0.25) is 9.89 Å². The number of aromatic amines is 1. The molecule has 0 atom stereocenters. The molecule has 1 aromatic carbocycles. The Kier molecular flexibility index (Phi) is 4.27. The van der Waals surface area contributed by atoms with E-state index in [0.717, 1.165) is 16.8 Å². The molecule has 0 saturated carbocycles. The van der Waals surface area contributed by atoms with Gasteiger partial charge < -0.3 is 4.74 Å². The molecular weight excluding hydrogens is 304 g/mol. The monoisotopic (exact) mass is 320 g/mol. The fourth-order valence-corrected chi connectivity index (χ4v) is 2.56. The Morgan fingerprint density at radius 2 is 2.00 bits per heavy atom. The Morgan fingerprint density at radius 3 is 2.58 bits per heavy atom. The third-order valence-electron chi connectivity index (χ3n) is 3.72. The zero-order chi connectivity index (χ0) is 17.1. The zero-order valence-corrected chi connectivity index (χ0v) is 13.4. The third-order valence-corrected chi connectivity index (χ3v) is 3.72. The van der Waals surface area contributed by atoms with Gasteiger partial charge >= 0.3 is 0 Å². The predicted molar refractivity (Wildman–Crippen MR) is 89.8 cm³/mol. The van der Waals surface area contributed by atoms with Gasteiger partial charge in [0.2, 0.25) is 0 Å². The van der Waals surface area contributed by atoms with Crippen LogP contribution in [0.5, 0.6) is 0 Å². The van der Waals surface area contributed by atoms with E-state index in [0.29, 0.717) is 23.6 Å². The first-order valence-corrected chi connectivity index (χ1v) is 7.40. The second-order valence-electron chi connectivity index (χ2n) is 5.40. The SMILES string of the molecule is COCc1ccc(-n2[nH]c(C)c(-c3ccc(C#N)cc3)c2=O)nc1. The normalized spacial score (nSPS) is 10.5. The summed E-state index contributed by atoms with van der Waals surface area (Å²) in [6.45, 7) is 2.31. The van der Waals surface area contributed by atoms with Gasteiger partial charge in [-0.2, -0.15) is 5.26 Å². The number of methoxy groups -OCH3 is 1. The Balaban J connectivity index is 2.02. The lowest BCUT2D eigenvalue weighted by molar-refractivity contribution is 0.184. The van der Waals surface area contributed by atoms with Crippen molar-refractivity contribution in [1.29, 1.82) is 5.26 Å². The highest BCUT2D eigenvalue weighted by Crippen LogP contribution is 2.20. The van der Waals surface area contributed by atoms with Crippen molar-refractivity contribution in [3.63, 3.8) is 0 Å². The number of pyridine rings is 1. The van der Waals surface area contributed by atoms with Crippen molar-refractivity contribution in [3.05, 3.63) is 69.8 Å². The van der Waals surface area contributed by atoms with Gasteiger partial charge in [0.1, 0.15) is 0 Å². The number of nitriles is 1.